The minimum atomic E-state index is -0.998. The Labute approximate surface area is 112 Å². The van der Waals surface area contributed by atoms with Crippen molar-refractivity contribution in [2.75, 3.05) is 0 Å². The minimum Gasteiger partial charge on any atom is -0.390 e. The highest BCUT2D eigenvalue weighted by atomic mass is 16.4. The smallest absolute Gasteiger partial charge is 0.0897 e. The molecule has 2 atom stereocenters. The van der Waals surface area contributed by atoms with Crippen molar-refractivity contribution in [1.29, 1.82) is 0 Å². The Kier molecular flexibility index (Phi) is 7.67. The van der Waals surface area contributed by atoms with Crippen LogP contribution >= 0.6 is 0 Å². The van der Waals surface area contributed by atoms with Crippen molar-refractivity contribution in [3.8, 4) is 0 Å². The van der Waals surface area contributed by atoms with Gasteiger partial charge in [-0.3, -0.25) is 0 Å². The predicted molar refractivity (Wildman–Crippen MR) is 74.4 cm³/mol. The lowest BCUT2D eigenvalue weighted by Crippen LogP contribution is -2.46. The molecule has 0 bridgehead atoms. The third kappa shape index (κ3) is 7.31. The average Bonchev–Trinajstić information content (AvgIpc) is 2.14. The highest BCUT2D eigenvalue weighted by molar-refractivity contribution is 4.87. The molecule has 18 heavy (non-hydrogen) atoms. The van der Waals surface area contributed by atoms with Crippen LogP contribution in [0.1, 0.15) is 61.8 Å². The molecule has 0 aromatic carbocycles. The van der Waals surface area contributed by atoms with Gasteiger partial charge in [-0.15, -0.1) is 0 Å². The van der Waals surface area contributed by atoms with Gasteiger partial charge in [-0.1, -0.05) is 20.8 Å². The first-order valence-corrected chi connectivity index (χ1v) is 6.52. The molecule has 0 heterocycles. The van der Waals surface area contributed by atoms with Gasteiger partial charge in [0.2, 0.25) is 0 Å². The molecule has 4 N–H and O–H groups in total. The third-order valence-electron chi connectivity index (χ3n) is 3.36. The van der Waals surface area contributed by atoms with Crippen molar-refractivity contribution in [2.24, 2.45) is 5.92 Å². The summed E-state index contributed by atoms with van der Waals surface area (Å²) in [7, 11) is 0. The van der Waals surface area contributed by atoms with Crippen molar-refractivity contribution >= 4 is 0 Å². The van der Waals surface area contributed by atoms with Crippen LogP contribution in [-0.4, -0.2) is 43.3 Å². The van der Waals surface area contributed by atoms with E-state index in [4.69, 9.17) is 0 Å². The molecule has 0 aliphatic rings. The molecule has 0 rings (SSSR count). The van der Waals surface area contributed by atoms with E-state index in [1.54, 1.807) is 34.6 Å². The van der Waals surface area contributed by atoms with Crippen LogP contribution in [0.15, 0.2) is 0 Å². The lowest BCUT2D eigenvalue weighted by molar-refractivity contribution is -0.121. The van der Waals surface area contributed by atoms with E-state index >= 15 is 0 Å². The fourth-order valence-corrected chi connectivity index (χ4v) is 1.25. The second kappa shape index (κ2) is 6.85. The van der Waals surface area contributed by atoms with Crippen LogP contribution in [0.2, 0.25) is 0 Å². The molecule has 4 heteroatoms. The van der Waals surface area contributed by atoms with Gasteiger partial charge < -0.3 is 20.4 Å². The molecule has 0 radical (unpaired) electrons. The maximum absolute atomic E-state index is 9.41. The number of aliphatic hydroxyl groups excluding tert-OH is 1. The molecule has 0 aromatic rings. The van der Waals surface area contributed by atoms with Gasteiger partial charge >= 0.3 is 0 Å². The summed E-state index contributed by atoms with van der Waals surface area (Å²) in [6.07, 6.45) is -0.0613. The van der Waals surface area contributed by atoms with Crippen molar-refractivity contribution < 1.29 is 20.4 Å². The highest BCUT2D eigenvalue weighted by Gasteiger charge is 2.35. The summed E-state index contributed by atoms with van der Waals surface area (Å²) < 4.78 is 0. The van der Waals surface area contributed by atoms with Crippen LogP contribution in [0, 0.1) is 5.92 Å². The Morgan fingerprint density at radius 2 is 1.22 bits per heavy atom. The fourth-order valence-electron chi connectivity index (χ4n) is 1.25. The Morgan fingerprint density at radius 1 is 0.889 bits per heavy atom. The van der Waals surface area contributed by atoms with Gasteiger partial charge in [-0.2, -0.15) is 0 Å². The Balaban J connectivity index is 0. The van der Waals surface area contributed by atoms with Crippen molar-refractivity contribution in [2.45, 2.75) is 84.7 Å². The first-order valence-electron chi connectivity index (χ1n) is 6.52. The Hall–Kier alpha value is -0.160. The van der Waals surface area contributed by atoms with E-state index in [0.717, 1.165) is 0 Å². The minimum absolute atomic E-state index is 0.116. The van der Waals surface area contributed by atoms with Gasteiger partial charge in [0.1, 0.15) is 0 Å². The molecular weight excluding hydrogens is 232 g/mol. The van der Waals surface area contributed by atoms with E-state index < -0.39 is 22.9 Å². The Bertz CT molecular complexity index is 221. The molecule has 4 nitrogen and oxygen atoms in total. The maximum atomic E-state index is 9.41. The molecule has 0 aromatic heterocycles. The van der Waals surface area contributed by atoms with Crippen molar-refractivity contribution in [1.82, 2.24) is 0 Å². The first kappa shape index (κ1) is 20.2. The SMILES string of the molecule is CC(C)C(O)C(C)(C)O.CCC(C)(O)C(C)(C)O. The van der Waals surface area contributed by atoms with Gasteiger partial charge in [0.15, 0.2) is 0 Å². The van der Waals surface area contributed by atoms with Crippen LogP contribution in [0.5, 0.6) is 0 Å². The molecule has 0 saturated carbocycles. The van der Waals surface area contributed by atoms with E-state index in [1.165, 1.54) is 0 Å². The fraction of sp³-hybridized carbons (Fsp3) is 1.00. The van der Waals surface area contributed by atoms with E-state index in [9.17, 15) is 20.4 Å². The summed E-state index contributed by atoms with van der Waals surface area (Å²) in [5.74, 6) is 0.116. The summed E-state index contributed by atoms with van der Waals surface area (Å²) >= 11 is 0. The van der Waals surface area contributed by atoms with Crippen LogP contribution in [0.4, 0.5) is 0 Å². The predicted octanol–water partition coefficient (Wildman–Crippen LogP) is 1.69. The monoisotopic (exact) mass is 264 g/mol. The molecular formula is C14H32O4. The molecule has 0 aliphatic carbocycles. The summed E-state index contributed by atoms with van der Waals surface area (Å²) in [5, 5.41) is 37.1. The topological polar surface area (TPSA) is 80.9 Å². The first-order chi connectivity index (χ1) is 7.66. The second-order valence-corrected chi connectivity index (χ2v) is 6.53. The van der Waals surface area contributed by atoms with E-state index in [0.29, 0.717) is 6.42 Å². The lowest BCUT2D eigenvalue weighted by Gasteiger charge is -2.34. The maximum Gasteiger partial charge on any atom is 0.0897 e. The van der Waals surface area contributed by atoms with Crippen molar-refractivity contribution in [3.63, 3.8) is 0 Å². The number of hydrogen-bond donors (Lipinski definition) is 4. The lowest BCUT2D eigenvalue weighted by atomic mass is 9.86. The highest BCUT2D eigenvalue weighted by Crippen LogP contribution is 2.23. The van der Waals surface area contributed by atoms with Crippen molar-refractivity contribution in [3.05, 3.63) is 0 Å². The number of aliphatic hydroxyl groups is 4. The molecule has 0 fully saturated rings. The van der Waals surface area contributed by atoms with Gasteiger partial charge in [0, 0.05) is 0 Å². The normalized spacial score (nSPS) is 17.8. The molecule has 0 saturated heterocycles. The zero-order valence-electron chi connectivity index (χ0n) is 13.2. The van der Waals surface area contributed by atoms with Gasteiger partial charge in [-0.05, 0) is 47.0 Å². The molecule has 0 spiro atoms. The zero-order valence-corrected chi connectivity index (χ0v) is 13.2. The summed E-state index contributed by atoms with van der Waals surface area (Å²) in [6, 6.07) is 0. The van der Waals surface area contributed by atoms with Gasteiger partial charge in [-0.25, -0.2) is 0 Å². The van der Waals surface area contributed by atoms with Crippen LogP contribution in [0.3, 0.4) is 0 Å². The standard InChI is InChI=1S/2C7H16O2/c1-5-7(4,9)6(2,3)8;1-5(2)6(8)7(3,4)9/h8-9H,5H2,1-4H3;5-6,8-9H,1-4H3. The molecule has 0 amide bonds. The average molecular weight is 264 g/mol. The number of hydrogen-bond acceptors (Lipinski definition) is 4. The summed E-state index contributed by atoms with van der Waals surface area (Å²) in [6.45, 7) is 13.7. The van der Waals surface area contributed by atoms with Gasteiger partial charge in [0.05, 0.1) is 22.9 Å². The molecule has 2 unspecified atom stereocenters. The molecule has 112 valence electrons. The van der Waals surface area contributed by atoms with E-state index in [2.05, 4.69) is 0 Å². The quantitative estimate of drug-likeness (QED) is 0.623. The zero-order chi connectivity index (χ0) is 15.4. The second-order valence-electron chi connectivity index (χ2n) is 6.53. The van der Waals surface area contributed by atoms with Gasteiger partial charge in [0.25, 0.3) is 0 Å². The third-order valence-corrected chi connectivity index (χ3v) is 3.36. The van der Waals surface area contributed by atoms with Crippen LogP contribution < -0.4 is 0 Å². The summed E-state index contributed by atoms with van der Waals surface area (Å²) in [4.78, 5) is 0. The summed E-state index contributed by atoms with van der Waals surface area (Å²) in [5.41, 5.74) is -2.93. The van der Waals surface area contributed by atoms with Crippen LogP contribution in [0.25, 0.3) is 0 Å². The van der Waals surface area contributed by atoms with E-state index in [-0.39, 0.29) is 5.92 Å². The van der Waals surface area contributed by atoms with E-state index in [1.807, 2.05) is 20.8 Å². The Morgan fingerprint density at radius 3 is 1.22 bits per heavy atom. The van der Waals surface area contributed by atoms with Crippen LogP contribution in [-0.2, 0) is 0 Å². The largest absolute Gasteiger partial charge is 0.390 e. The molecule has 0 aliphatic heterocycles. The number of rotatable bonds is 4.